The van der Waals surface area contributed by atoms with Gasteiger partial charge in [0.1, 0.15) is 0 Å². The highest BCUT2D eigenvalue weighted by atomic mass is 15.1. The fourth-order valence-corrected chi connectivity index (χ4v) is 2.79. The van der Waals surface area contributed by atoms with Crippen LogP contribution in [0.15, 0.2) is 48.5 Å². The number of anilines is 2. The predicted octanol–water partition coefficient (Wildman–Crippen LogP) is 3.49. The molecule has 0 aliphatic carbocycles. The van der Waals surface area contributed by atoms with E-state index in [0.29, 0.717) is 0 Å². The zero-order chi connectivity index (χ0) is 13.1. The number of benzene rings is 2. The summed E-state index contributed by atoms with van der Waals surface area (Å²) in [5.74, 6) is 0. The molecule has 0 amide bonds. The third-order valence-corrected chi connectivity index (χ3v) is 3.82. The minimum absolute atomic E-state index is 0.947. The molecule has 2 aromatic carbocycles. The van der Waals surface area contributed by atoms with Crippen LogP contribution in [-0.2, 0) is 13.0 Å². The predicted molar refractivity (Wildman–Crippen MR) is 81.0 cm³/mol. The molecule has 3 rings (SSSR count). The van der Waals surface area contributed by atoms with Crippen LogP contribution in [0.4, 0.5) is 11.4 Å². The highest BCUT2D eigenvalue weighted by Gasteiger charge is 2.13. The van der Waals surface area contributed by atoms with Crippen LogP contribution in [0.2, 0.25) is 0 Å². The van der Waals surface area contributed by atoms with Gasteiger partial charge in [-0.05, 0) is 42.6 Å². The number of aryl methyl sites for hydroxylation is 1. The van der Waals surface area contributed by atoms with E-state index >= 15 is 0 Å². The normalized spacial score (nSPS) is 15.5. The molecule has 98 valence electrons. The Kier molecular flexibility index (Phi) is 3.51. The number of nitrogens with one attached hydrogen (secondary N) is 1. The molecule has 1 aliphatic rings. The van der Waals surface area contributed by atoms with Crippen molar-refractivity contribution in [1.29, 1.82) is 0 Å². The molecule has 0 fully saturated rings. The Morgan fingerprint density at radius 3 is 2.32 bits per heavy atom. The van der Waals surface area contributed by atoms with Crippen molar-refractivity contribution in [2.45, 2.75) is 19.4 Å². The lowest BCUT2D eigenvalue weighted by Crippen LogP contribution is -2.21. The highest BCUT2D eigenvalue weighted by molar-refractivity contribution is 5.68. The van der Waals surface area contributed by atoms with Crippen molar-refractivity contribution < 1.29 is 0 Å². The van der Waals surface area contributed by atoms with Gasteiger partial charge in [-0.1, -0.05) is 36.4 Å². The quantitative estimate of drug-likeness (QED) is 0.772. The van der Waals surface area contributed by atoms with E-state index in [1.165, 1.54) is 28.9 Å². The van der Waals surface area contributed by atoms with E-state index < -0.39 is 0 Å². The molecule has 1 heterocycles. The molecular weight excluding hydrogens is 232 g/mol. The maximum atomic E-state index is 3.54. The van der Waals surface area contributed by atoms with Crippen molar-refractivity contribution in [2.75, 3.05) is 18.5 Å². The molecule has 1 aliphatic heterocycles. The monoisotopic (exact) mass is 252 g/mol. The van der Waals surface area contributed by atoms with Crippen LogP contribution in [0.1, 0.15) is 17.5 Å². The molecule has 0 aromatic heterocycles. The van der Waals surface area contributed by atoms with E-state index in [4.69, 9.17) is 0 Å². The minimum Gasteiger partial charge on any atom is -0.344 e. The molecule has 0 bridgehead atoms. The third-order valence-electron chi connectivity index (χ3n) is 3.82. The Balaban J connectivity index is 2.09. The van der Waals surface area contributed by atoms with E-state index in [1.807, 2.05) is 0 Å². The number of fused-ring (bicyclic) bond motifs is 2. The van der Waals surface area contributed by atoms with Crippen LogP contribution >= 0.6 is 0 Å². The molecule has 0 radical (unpaired) electrons. The van der Waals surface area contributed by atoms with Crippen LogP contribution in [0, 0.1) is 0 Å². The second-order valence-corrected chi connectivity index (χ2v) is 5.10. The van der Waals surface area contributed by atoms with Gasteiger partial charge in [0, 0.05) is 25.0 Å². The molecule has 19 heavy (non-hydrogen) atoms. The van der Waals surface area contributed by atoms with E-state index in [1.54, 1.807) is 0 Å². The Bertz CT molecular complexity index is 513. The summed E-state index contributed by atoms with van der Waals surface area (Å²) in [6.45, 7) is 2.02. The molecule has 0 unspecified atom stereocenters. The number of rotatable bonds is 0. The zero-order valence-corrected chi connectivity index (χ0v) is 11.4. The molecular formula is C17H20N2. The minimum atomic E-state index is 0.947. The lowest BCUT2D eigenvalue weighted by molar-refractivity contribution is 0.646. The van der Waals surface area contributed by atoms with Gasteiger partial charge in [0.05, 0.1) is 0 Å². The summed E-state index contributed by atoms with van der Waals surface area (Å²) >= 11 is 0. The van der Waals surface area contributed by atoms with E-state index in [-0.39, 0.29) is 0 Å². The first-order chi connectivity index (χ1) is 9.36. The molecule has 0 spiro atoms. The lowest BCUT2D eigenvalue weighted by Gasteiger charge is -2.26. The van der Waals surface area contributed by atoms with E-state index in [0.717, 1.165) is 19.5 Å². The van der Waals surface area contributed by atoms with Gasteiger partial charge in [0.2, 0.25) is 0 Å². The molecule has 2 nitrogen and oxygen atoms in total. The first-order valence-corrected chi connectivity index (χ1v) is 6.96. The number of hydrogen-bond acceptors (Lipinski definition) is 2. The Morgan fingerprint density at radius 2 is 1.53 bits per heavy atom. The Morgan fingerprint density at radius 1 is 0.895 bits per heavy atom. The summed E-state index contributed by atoms with van der Waals surface area (Å²) in [7, 11) is 2.17. The van der Waals surface area contributed by atoms with Gasteiger partial charge in [0.25, 0.3) is 0 Å². The van der Waals surface area contributed by atoms with Gasteiger partial charge >= 0.3 is 0 Å². The molecule has 0 atom stereocenters. The number of para-hydroxylation sites is 2. The van der Waals surface area contributed by atoms with Crippen molar-refractivity contribution in [3.8, 4) is 0 Å². The average Bonchev–Trinajstić information content (AvgIpc) is 2.47. The largest absolute Gasteiger partial charge is 0.344 e. The zero-order valence-electron chi connectivity index (χ0n) is 11.4. The summed E-state index contributed by atoms with van der Waals surface area (Å²) in [6.07, 6.45) is 2.32. The van der Waals surface area contributed by atoms with Crippen LogP contribution in [0.3, 0.4) is 0 Å². The molecule has 0 saturated heterocycles. The Labute approximate surface area is 115 Å². The van der Waals surface area contributed by atoms with Crippen molar-refractivity contribution in [3.63, 3.8) is 0 Å². The second-order valence-electron chi connectivity index (χ2n) is 5.10. The van der Waals surface area contributed by atoms with Crippen molar-refractivity contribution in [2.24, 2.45) is 0 Å². The highest BCUT2D eigenvalue weighted by Crippen LogP contribution is 2.30. The summed E-state index contributed by atoms with van der Waals surface area (Å²) in [5, 5.41) is 3.54. The number of hydrogen-bond donors (Lipinski definition) is 1. The van der Waals surface area contributed by atoms with Crippen LogP contribution in [-0.4, -0.2) is 13.6 Å². The summed E-state index contributed by atoms with van der Waals surface area (Å²) in [5.41, 5.74) is 5.42. The summed E-state index contributed by atoms with van der Waals surface area (Å²) in [4.78, 5) is 2.32. The van der Waals surface area contributed by atoms with Gasteiger partial charge in [-0.25, -0.2) is 0 Å². The van der Waals surface area contributed by atoms with E-state index in [2.05, 4.69) is 65.8 Å². The third kappa shape index (κ3) is 2.49. The topological polar surface area (TPSA) is 15.3 Å². The summed E-state index contributed by atoms with van der Waals surface area (Å²) in [6, 6.07) is 17.4. The van der Waals surface area contributed by atoms with Crippen molar-refractivity contribution >= 4 is 11.4 Å². The van der Waals surface area contributed by atoms with Crippen LogP contribution < -0.4 is 10.2 Å². The molecule has 1 N–H and O–H groups in total. The fraction of sp³-hybridized carbons (Fsp3) is 0.294. The molecule has 2 aromatic rings. The van der Waals surface area contributed by atoms with Gasteiger partial charge < -0.3 is 10.2 Å². The van der Waals surface area contributed by atoms with Crippen molar-refractivity contribution in [1.82, 2.24) is 5.32 Å². The molecule has 2 heteroatoms. The van der Waals surface area contributed by atoms with Crippen LogP contribution in [0.25, 0.3) is 0 Å². The second kappa shape index (κ2) is 5.45. The van der Waals surface area contributed by atoms with Gasteiger partial charge in [-0.3, -0.25) is 0 Å². The molecule has 0 saturated carbocycles. The maximum Gasteiger partial charge on any atom is 0.0453 e. The van der Waals surface area contributed by atoms with Gasteiger partial charge in [0.15, 0.2) is 0 Å². The smallest absolute Gasteiger partial charge is 0.0453 e. The van der Waals surface area contributed by atoms with Gasteiger partial charge in [-0.15, -0.1) is 0 Å². The average molecular weight is 252 g/mol. The van der Waals surface area contributed by atoms with E-state index in [9.17, 15) is 0 Å². The SMILES string of the molecule is CN1c2ccccc2CCCNCc2ccccc21. The fourth-order valence-electron chi connectivity index (χ4n) is 2.79. The summed E-state index contributed by atoms with van der Waals surface area (Å²) < 4.78 is 0. The first kappa shape index (κ1) is 12.2. The lowest BCUT2D eigenvalue weighted by atomic mass is 10.0. The van der Waals surface area contributed by atoms with Gasteiger partial charge in [-0.2, -0.15) is 0 Å². The maximum absolute atomic E-state index is 3.54. The first-order valence-electron chi connectivity index (χ1n) is 6.96. The standard InChI is InChI=1S/C17H20N2/c1-19-16-10-4-2-7-14(16)9-6-12-18-13-15-8-3-5-11-17(15)19/h2-5,7-8,10-11,18H,6,9,12-13H2,1H3. The number of nitrogens with zero attached hydrogens (tertiary/aromatic N) is 1. The van der Waals surface area contributed by atoms with Crippen LogP contribution in [0.5, 0.6) is 0 Å². The Hall–Kier alpha value is -1.80. The van der Waals surface area contributed by atoms with Crippen molar-refractivity contribution in [3.05, 3.63) is 59.7 Å².